The van der Waals surface area contributed by atoms with Crippen LogP contribution in [0.4, 0.5) is 5.69 Å². The number of hydrogen-bond acceptors (Lipinski definition) is 5. The van der Waals surface area contributed by atoms with Crippen LogP contribution in [-0.2, 0) is 0 Å². The number of furan rings is 1. The van der Waals surface area contributed by atoms with Crippen molar-refractivity contribution >= 4 is 28.5 Å². The van der Waals surface area contributed by atoms with E-state index < -0.39 is 0 Å². The highest BCUT2D eigenvalue weighted by Crippen LogP contribution is 2.30. The Balaban J connectivity index is 1.05. The van der Waals surface area contributed by atoms with E-state index in [-0.39, 0.29) is 11.8 Å². The molecule has 0 radical (unpaired) electrons. The second kappa shape index (κ2) is 9.97. The molecule has 2 amide bonds. The summed E-state index contributed by atoms with van der Waals surface area (Å²) in [4.78, 5) is 27.8. The fourth-order valence-electron chi connectivity index (χ4n) is 5.13. The number of rotatable bonds is 5. The lowest BCUT2D eigenvalue weighted by Gasteiger charge is -2.32. The molecule has 2 aromatic heterocycles. The number of benzene rings is 3. The predicted octanol–water partition coefficient (Wildman–Crippen LogP) is 5.59. The number of nitrogens with one attached hydrogen (secondary N) is 1. The minimum atomic E-state index is -0.256. The summed E-state index contributed by atoms with van der Waals surface area (Å²) in [5.74, 6) is 0.504. The number of para-hydroxylation sites is 1. The van der Waals surface area contributed by atoms with Crippen LogP contribution in [0.5, 0.6) is 0 Å². The van der Waals surface area contributed by atoms with Crippen LogP contribution in [0.1, 0.15) is 50.8 Å². The van der Waals surface area contributed by atoms with Crippen LogP contribution in [0.15, 0.2) is 89.9 Å². The third-order valence-electron chi connectivity index (χ3n) is 7.30. The van der Waals surface area contributed by atoms with E-state index in [9.17, 15) is 9.59 Å². The molecule has 0 unspecified atom stereocenters. The summed E-state index contributed by atoms with van der Waals surface area (Å²) < 4.78 is 7.59. The molecule has 0 spiro atoms. The predicted molar refractivity (Wildman–Crippen MR) is 145 cm³/mol. The fraction of sp³-hybridized carbons (Fsp3) is 0.200. The first kappa shape index (κ1) is 23.7. The van der Waals surface area contributed by atoms with Gasteiger partial charge in [0.05, 0.1) is 0 Å². The number of hydrogen-bond donors (Lipinski definition) is 1. The molecule has 1 N–H and O–H groups in total. The highest BCUT2D eigenvalue weighted by atomic mass is 16.3. The Labute approximate surface area is 219 Å². The number of anilines is 1. The zero-order chi connectivity index (χ0) is 26.1. The molecule has 3 heterocycles. The van der Waals surface area contributed by atoms with Crippen molar-refractivity contribution in [3.05, 3.63) is 108 Å². The van der Waals surface area contributed by atoms with Crippen LogP contribution in [-0.4, -0.2) is 44.6 Å². The third kappa shape index (κ3) is 4.56. The van der Waals surface area contributed by atoms with Gasteiger partial charge in [0.1, 0.15) is 18.2 Å². The second-order valence-corrected chi connectivity index (χ2v) is 9.61. The van der Waals surface area contributed by atoms with Crippen molar-refractivity contribution in [2.24, 2.45) is 0 Å². The Morgan fingerprint density at radius 1 is 0.895 bits per heavy atom. The van der Waals surface area contributed by atoms with Crippen LogP contribution >= 0.6 is 0 Å². The van der Waals surface area contributed by atoms with E-state index in [1.165, 1.54) is 5.56 Å². The van der Waals surface area contributed by atoms with Gasteiger partial charge < -0.3 is 14.6 Å². The molecule has 8 nitrogen and oxygen atoms in total. The van der Waals surface area contributed by atoms with Crippen molar-refractivity contribution < 1.29 is 14.0 Å². The Bertz CT molecular complexity index is 1580. The van der Waals surface area contributed by atoms with Gasteiger partial charge in [-0.15, -0.1) is 10.2 Å². The number of likely N-dealkylation sites (tertiary alicyclic amines) is 1. The van der Waals surface area contributed by atoms with Gasteiger partial charge in [0.15, 0.2) is 5.76 Å². The van der Waals surface area contributed by atoms with E-state index in [4.69, 9.17) is 4.42 Å². The molecule has 3 aromatic carbocycles. The minimum absolute atomic E-state index is 0.0534. The van der Waals surface area contributed by atoms with Gasteiger partial charge in [-0.2, -0.15) is 0 Å². The summed E-state index contributed by atoms with van der Waals surface area (Å²) in [6.45, 7) is 3.32. The summed E-state index contributed by atoms with van der Waals surface area (Å²) in [6, 6.07) is 23.1. The number of fused-ring (bicyclic) bond motifs is 1. The Morgan fingerprint density at radius 2 is 1.58 bits per heavy atom. The molecule has 0 atom stereocenters. The lowest BCUT2D eigenvalue weighted by atomic mass is 9.89. The van der Waals surface area contributed by atoms with Crippen molar-refractivity contribution in [1.82, 2.24) is 19.7 Å². The monoisotopic (exact) mass is 505 g/mol. The first-order chi connectivity index (χ1) is 18.6. The quantitative estimate of drug-likeness (QED) is 0.336. The van der Waals surface area contributed by atoms with Gasteiger partial charge in [-0.3, -0.25) is 14.2 Å². The van der Waals surface area contributed by atoms with Gasteiger partial charge in [0.2, 0.25) is 0 Å². The highest BCUT2D eigenvalue weighted by molar-refractivity contribution is 6.06. The van der Waals surface area contributed by atoms with Crippen LogP contribution in [0, 0.1) is 6.92 Å². The second-order valence-electron chi connectivity index (χ2n) is 9.61. The summed E-state index contributed by atoms with van der Waals surface area (Å²) in [6.07, 6.45) is 5.05. The number of piperidine rings is 1. The summed E-state index contributed by atoms with van der Waals surface area (Å²) >= 11 is 0. The normalized spacial score (nSPS) is 14.1. The van der Waals surface area contributed by atoms with Gasteiger partial charge in [0, 0.05) is 41.0 Å². The largest absolute Gasteiger partial charge is 0.451 e. The molecule has 1 aliphatic rings. The topological polar surface area (TPSA) is 93.3 Å². The van der Waals surface area contributed by atoms with Crippen LogP contribution < -0.4 is 5.32 Å². The van der Waals surface area contributed by atoms with Crippen molar-refractivity contribution in [1.29, 1.82) is 0 Å². The van der Waals surface area contributed by atoms with Crippen molar-refractivity contribution in [3.8, 4) is 5.69 Å². The number of aromatic nitrogens is 3. The van der Waals surface area contributed by atoms with E-state index >= 15 is 0 Å². The number of aryl methyl sites for hydroxylation is 1. The molecule has 1 fully saturated rings. The van der Waals surface area contributed by atoms with E-state index in [1.807, 2.05) is 72.5 Å². The number of carbonyl (C=O) groups excluding carboxylic acids is 2. The van der Waals surface area contributed by atoms with Crippen LogP contribution in [0.25, 0.3) is 16.7 Å². The van der Waals surface area contributed by atoms with Crippen molar-refractivity contribution in [2.75, 3.05) is 18.4 Å². The first-order valence-electron chi connectivity index (χ1n) is 12.7. The summed E-state index contributed by atoms with van der Waals surface area (Å²) in [7, 11) is 0. The number of nitrogens with zero attached hydrogens (tertiary/aromatic N) is 4. The van der Waals surface area contributed by atoms with Gasteiger partial charge in [0.25, 0.3) is 11.8 Å². The molecule has 0 bridgehead atoms. The van der Waals surface area contributed by atoms with Gasteiger partial charge in [-0.1, -0.05) is 30.3 Å². The minimum Gasteiger partial charge on any atom is -0.451 e. The van der Waals surface area contributed by atoms with Crippen molar-refractivity contribution in [2.45, 2.75) is 25.7 Å². The van der Waals surface area contributed by atoms with Gasteiger partial charge >= 0.3 is 0 Å². The maximum atomic E-state index is 13.0. The standard InChI is InChI=1S/C30H27N5O3/c1-20-26-4-2-3-5-27(26)38-28(20)29(36)33-24-10-6-21(7-11-24)22-14-16-34(17-15-22)30(37)23-8-12-25(13-9-23)35-18-31-32-19-35/h2-13,18-19,22H,14-17H2,1H3,(H,33,36). The van der Waals surface area contributed by atoms with Crippen molar-refractivity contribution in [3.63, 3.8) is 0 Å². The van der Waals surface area contributed by atoms with Gasteiger partial charge in [-0.05, 0) is 73.7 Å². The molecular weight excluding hydrogens is 478 g/mol. The number of amides is 2. The zero-order valence-electron chi connectivity index (χ0n) is 21.0. The Morgan fingerprint density at radius 3 is 2.26 bits per heavy atom. The number of carbonyl (C=O) groups is 2. The summed E-state index contributed by atoms with van der Waals surface area (Å²) in [5, 5.41) is 11.5. The highest BCUT2D eigenvalue weighted by Gasteiger charge is 2.25. The molecule has 1 saturated heterocycles. The molecule has 8 heteroatoms. The average Bonchev–Trinajstić information content (AvgIpc) is 3.62. The molecule has 0 aliphatic carbocycles. The zero-order valence-corrected chi connectivity index (χ0v) is 21.0. The smallest absolute Gasteiger partial charge is 0.291 e. The van der Waals surface area contributed by atoms with E-state index in [1.54, 1.807) is 17.2 Å². The average molecular weight is 506 g/mol. The molecule has 0 saturated carbocycles. The molecule has 6 rings (SSSR count). The lowest BCUT2D eigenvalue weighted by molar-refractivity contribution is 0.0713. The lowest BCUT2D eigenvalue weighted by Crippen LogP contribution is -2.37. The first-order valence-corrected chi connectivity index (χ1v) is 12.7. The maximum Gasteiger partial charge on any atom is 0.291 e. The molecule has 190 valence electrons. The Kier molecular flexibility index (Phi) is 6.21. The van der Waals surface area contributed by atoms with E-state index in [0.29, 0.717) is 35.9 Å². The summed E-state index contributed by atoms with van der Waals surface area (Å²) in [5.41, 5.74) is 5.08. The maximum absolute atomic E-state index is 13.0. The van der Waals surface area contributed by atoms with Gasteiger partial charge in [-0.25, -0.2) is 0 Å². The molecule has 1 aliphatic heterocycles. The SMILES string of the molecule is Cc1c(C(=O)Nc2ccc(C3CCN(C(=O)c4ccc(-n5cnnc5)cc4)CC3)cc2)oc2ccccc12. The Hall–Kier alpha value is -4.72. The molecular formula is C30H27N5O3. The van der Waals surface area contributed by atoms with E-state index in [2.05, 4.69) is 27.6 Å². The van der Waals surface area contributed by atoms with E-state index in [0.717, 1.165) is 35.2 Å². The fourth-order valence-corrected chi connectivity index (χ4v) is 5.13. The molecule has 5 aromatic rings. The third-order valence-corrected chi connectivity index (χ3v) is 7.30. The van der Waals surface area contributed by atoms with Crippen LogP contribution in [0.2, 0.25) is 0 Å². The van der Waals surface area contributed by atoms with Crippen LogP contribution in [0.3, 0.4) is 0 Å². The molecule has 38 heavy (non-hydrogen) atoms.